The highest BCUT2D eigenvalue weighted by Crippen LogP contribution is 2.30. The van der Waals surface area contributed by atoms with Gasteiger partial charge in [0, 0.05) is 19.4 Å². The van der Waals surface area contributed by atoms with Crippen molar-refractivity contribution >= 4 is 27.4 Å². The molecule has 156 valence electrons. The molecule has 0 saturated carbocycles. The second-order valence-corrected chi connectivity index (χ2v) is 9.55. The number of benzene rings is 1. The Balaban J connectivity index is 1.34. The van der Waals surface area contributed by atoms with Gasteiger partial charge in [0.05, 0.1) is 17.5 Å². The maximum atomic E-state index is 12.5. The summed E-state index contributed by atoms with van der Waals surface area (Å²) >= 11 is 0. The van der Waals surface area contributed by atoms with Gasteiger partial charge in [-0.25, -0.2) is 13.4 Å². The lowest BCUT2D eigenvalue weighted by Gasteiger charge is -2.27. The molecule has 1 aromatic carbocycles. The molecule has 0 radical (unpaired) electrons. The Bertz CT molecular complexity index is 959. The van der Waals surface area contributed by atoms with Crippen molar-refractivity contribution in [2.24, 2.45) is 5.10 Å². The molecule has 10 heteroatoms. The Hall–Kier alpha value is -2.62. The zero-order chi connectivity index (χ0) is 20.4. The van der Waals surface area contributed by atoms with Crippen LogP contribution >= 0.6 is 0 Å². The van der Waals surface area contributed by atoms with E-state index in [1.165, 1.54) is 5.01 Å². The quantitative estimate of drug-likeness (QED) is 0.731. The molecule has 0 aliphatic carbocycles. The number of fused-ring (bicyclic) bond motifs is 1. The molecule has 0 aromatic heterocycles. The highest BCUT2D eigenvalue weighted by Gasteiger charge is 2.37. The van der Waals surface area contributed by atoms with E-state index >= 15 is 0 Å². The number of hydrazone groups is 1. The van der Waals surface area contributed by atoms with Crippen LogP contribution in [0.25, 0.3) is 0 Å². The molecule has 3 aliphatic rings. The lowest BCUT2D eigenvalue weighted by atomic mass is 10.1. The lowest BCUT2D eigenvalue weighted by molar-refractivity contribution is -0.133. The molecule has 1 unspecified atom stereocenters. The van der Waals surface area contributed by atoms with Crippen LogP contribution < -0.4 is 14.8 Å². The molecular formula is C19H23N3O6S. The highest BCUT2D eigenvalue weighted by molar-refractivity contribution is 7.91. The highest BCUT2D eigenvalue weighted by atomic mass is 32.2. The number of carbonyl (C=O) groups is 2. The summed E-state index contributed by atoms with van der Waals surface area (Å²) in [5.41, 5.74) is 1.27. The van der Waals surface area contributed by atoms with E-state index in [1.807, 2.05) is 18.2 Å². The van der Waals surface area contributed by atoms with Crippen molar-refractivity contribution < 1.29 is 27.5 Å². The van der Waals surface area contributed by atoms with Gasteiger partial charge in [-0.2, -0.15) is 5.10 Å². The van der Waals surface area contributed by atoms with E-state index in [1.54, 1.807) is 0 Å². The third kappa shape index (κ3) is 4.52. The van der Waals surface area contributed by atoms with Crippen LogP contribution in [0.4, 0.5) is 0 Å². The first kappa shape index (κ1) is 19.7. The number of nitrogens with zero attached hydrogens (tertiary/aromatic N) is 2. The maximum absolute atomic E-state index is 12.5. The summed E-state index contributed by atoms with van der Waals surface area (Å²) in [6.07, 6.45) is 1.38. The minimum Gasteiger partial charge on any atom is -0.486 e. The maximum Gasteiger partial charge on any atom is 0.267 e. The van der Waals surface area contributed by atoms with Gasteiger partial charge in [-0.3, -0.25) is 9.59 Å². The number of hydrogen-bond acceptors (Lipinski definition) is 7. The summed E-state index contributed by atoms with van der Waals surface area (Å²) in [4.78, 5) is 24.6. The summed E-state index contributed by atoms with van der Waals surface area (Å²) in [5.74, 6) is 0.812. The van der Waals surface area contributed by atoms with Crippen LogP contribution in [-0.2, 0) is 25.8 Å². The van der Waals surface area contributed by atoms with E-state index in [2.05, 4.69) is 10.4 Å². The molecular weight excluding hydrogens is 398 g/mol. The summed E-state index contributed by atoms with van der Waals surface area (Å²) in [6, 6.07) is 5.21. The smallest absolute Gasteiger partial charge is 0.267 e. The summed E-state index contributed by atoms with van der Waals surface area (Å²) < 4.78 is 34.4. The summed E-state index contributed by atoms with van der Waals surface area (Å²) in [7, 11) is -3.14. The van der Waals surface area contributed by atoms with Crippen LogP contribution in [0.1, 0.15) is 24.8 Å². The zero-order valence-corrected chi connectivity index (χ0v) is 16.7. The van der Waals surface area contributed by atoms with Crippen molar-refractivity contribution in [1.29, 1.82) is 0 Å². The van der Waals surface area contributed by atoms with E-state index in [9.17, 15) is 18.0 Å². The SMILES string of the molecule is O=C(NCCc1ccc2c(c1)OCCO2)C1=NN(C2CCS(=O)(=O)C2)C(=O)CC1. The van der Waals surface area contributed by atoms with E-state index in [4.69, 9.17) is 9.47 Å². The van der Waals surface area contributed by atoms with Crippen LogP contribution in [-0.4, -0.2) is 68.3 Å². The van der Waals surface area contributed by atoms with Crippen LogP contribution in [0, 0.1) is 0 Å². The number of rotatable bonds is 5. The van der Waals surface area contributed by atoms with Gasteiger partial charge >= 0.3 is 0 Å². The third-order valence-electron chi connectivity index (χ3n) is 5.18. The molecule has 1 aromatic rings. The van der Waals surface area contributed by atoms with Crippen molar-refractivity contribution in [1.82, 2.24) is 10.3 Å². The Kier molecular flexibility index (Phi) is 5.44. The van der Waals surface area contributed by atoms with Gasteiger partial charge in [0.2, 0.25) is 5.91 Å². The molecule has 1 saturated heterocycles. The minimum atomic E-state index is -3.14. The van der Waals surface area contributed by atoms with Gasteiger partial charge in [0.1, 0.15) is 18.9 Å². The molecule has 2 amide bonds. The zero-order valence-electron chi connectivity index (χ0n) is 15.9. The first-order valence-corrected chi connectivity index (χ1v) is 11.5. The van der Waals surface area contributed by atoms with Crippen molar-refractivity contribution in [3.63, 3.8) is 0 Å². The van der Waals surface area contributed by atoms with Crippen LogP contribution in [0.2, 0.25) is 0 Å². The number of sulfone groups is 1. The topological polar surface area (TPSA) is 114 Å². The van der Waals surface area contributed by atoms with E-state index in [-0.39, 0.29) is 41.9 Å². The standard InChI is InChI=1S/C19H23N3O6S/c23-18-4-2-15(21-22(18)14-6-10-29(25,26)12-14)19(24)20-7-5-13-1-3-16-17(11-13)28-9-8-27-16/h1,3,11,14H,2,4-10,12H2,(H,20,24). The predicted octanol–water partition coefficient (Wildman–Crippen LogP) is 0.282. The Labute approximate surface area is 169 Å². The molecule has 29 heavy (non-hydrogen) atoms. The monoisotopic (exact) mass is 421 g/mol. The van der Waals surface area contributed by atoms with Crippen molar-refractivity contribution in [3.05, 3.63) is 23.8 Å². The van der Waals surface area contributed by atoms with Crippen molar-refractivity contribution in [3.8, 4) is 11.5 Å². The number of amides is 2. The molecule has 9 nitrogen and oxygen atoms in total. The largest absolute Gasteiger partial charge is 0.486 e. The minimum absolute atomic E-state index is 0.0496. The average molecular weight is 421 g/mol. The van der Waals surface area contributed by atoms with Gasteiger partial charge in [0.15, 0.2) is 21.3 Å². The van der Waals surface area contributed by atoms with Gasteiger partial charge < -0.3 is 14.8 Å². The molecule has 0 spiro atoms. The molecule has 0 bridgehead atoms. The fourth-order valence-electron chi connectivity index (χ4n) is 3.65. The number of ether oxygens (including phenoxy) is 2. The average Bonchev–Trinajstić information content (AvgIpc) is 3.07. The molecule has 3 aliphatic heterocycles. The van der Waals surface area contributed by atoms with E-state index in [0.29, 0.717) is 38.3 Å². The first-order valence-electron chi connectivity index (χ1n) is 9.68. The first-order chi connectivity index (χ1) is 13.9. The van der Waals surface area contributed by atoms with Crippen LogP contribution in [0.3, 0.4) is 0 Å². The molecule has 1 fully saturated rings. The Morgan fingerprint density at radius 1 is 1.21 bits per heavy atom. The Morgan fingerprint density at radius 3 is 2.76 bits per heavy atom. The van der Waals surface area contributed by atoms with Gasteiger partial charge in [-0.05, 0) is 30.5 Å². The predicted molar refractivity (Wildman–Crippen MR) is 105 cm³/mol. The summed E-state index contributed by atoms with van der Waals surface area (Å²) in [6.45, 7) is 1.46. The summed E-state index contributed by atoms with van der Waals surface area (Å²) in [5, 5.41) is 8.20. The van der Waals surface area contributed by atoms with E-state index in [0.717, 1.165) is 11.3 Å². The molecule has 4 rings (SSSR count). The van der Waals surface area contributed by atoms with Crippen LogP contribution in [0.5, 0.6) is 11.5 Å². The second-order valence-electron chi connectivity index (χ2n) is 7.33. The fourth-order valence-corrected chi connectivity index (χ4v) is 5.35. The molecule has 1 atom stereocenters. The fraction of sp³-hybridized carbons (Fsp3) is 0.526. The number of nitrogens with one attached hydrogen (secondary N) is 1. The molecule has 3 heterocycles. The third-order valence-corrected chi connectivity index (χ3v) is 6.93. The second kappa shape index (κ2) is 8.02. The van der Waals surface area contributed by atoms with Crippen molar-refractivity contribution in [2.75, 3.05) is 31.3 Å². The van der Waals surface area contributed by atoms with Gasteiger partial charge in [0.25, 0.3) is 5.91 Å². The molecule has 1 N–H and O–H groups in total. The van der Waals surface area contributed by atoms with Crippen LogP contribution in [0.15, 0.2) is 23.3 Å². The number of hydrogen-bond donors (Lipinski definition) is 1. The van der Waals surface area contributed by atoms with Gasteiger partial charge in [-0.15, -0.1) is 0 Å². The lowest BCUT2D eigenvalue weighted by Crippen LogP contribution is -2.44. The normalized spacial score (nSPS) is 22.9. The van der Waals surface area contributed by atoms with Crippen molar-refractivity contribution in [2.45, 2.75) is 31.7 Å². The van der Waals surface area contributed by atoms with Gasteiger partial charge in [-0.1, -0.05) is 6.07 Å². The number of carbonyl (C=O) groups excluding carboxylic acids is 2. The van der Waals surface area contributed by atoms with E-state index < -0.39 is 15.9 Å². The Morgan fingerprint density at radius 2 is 2.00 bits per heavy atom.